The summed E-state index contributed by atoms with van der Waals surface area (Å²) < 4.78 is 0. The van der Waals surface area contributed by atoms with Crippen LogP contribution >= 0.6 is 0 Å². The van der Waals surface area contributed by atoms with Crippen LogP contribution in [-0.2, 0) is 4.79 Å². The summed E-state index contributed by atoms with van der Waals surface area (Å²) in [6.07, 6.45) is 9.58. The molecule has 0 heterocycles. The van der Waals surface area contributed by atoms with Crippen molar-refractivity contribution in [1.29, 1.82) is 0 Å². The Hall–Kier alpha value is -0.790. The Balaban J connectivity index is 2.33. The van der Waals surface area contributed by atoms with Gasteiger partial charge in [0.2, 0.25) is 0 Å². The minimum atomic E-state index is -0.618. The molecule has 0 spiro atoms. The van der Waals surface area contributed by atoms with Crippen molar-refractivity contribution in [3.8, 4) is 0 Å². The van der Waals surface area contributed by atoms with Gasteiger partial charge in [-0.3, -0.25) is 4.79 Å². The fourth-order valence-electron chi connectivity index (χ4n) is 2.49. The van der Waals surface area contributed by atoms with E-state index in [-0.39, 0.29) is 11.3 Å². The molecule has 1 rings (SSSR count). The summed E-state index contributed by atoms with van der Waals surface area (Å²) in [5.41, 5.74) is 0.0708. The number of aliphatic carboxylic acids is 1. The molecule has 86 valence electrons. The van der Waals surface area contributed by atoms with Gasteiger partial charge in [-0.1, -0.05) is 38.7 Å². The number of rotatable bonds is 8. The van der Waals surface area contributed by atoms with E-state index in [9.17, 15) is 4.79 Å². The molecule has 2 nitrogen and oxygen atoms in total. The number of hydrogen-bond donors (Lipinski definition) is 1. The summed E-state index contributed by atoms with van der Waals surface area (Å²) in [5, 5.41) is 8.98. The third-order valence-corrected chi connectivity index (χ3v) is 3.57. The molecule has 0 aliphatic heterocycles. The fraction of sp³-hybridized carbons (Fsp3) is 0.769. The Bertz CT molecular complexity index is 235. The molecule has 1 aliphatic carbocycles. The zero-order valence-corrected chi connectivity index (χ0v) is 9.67. The van der Waals surface area contributed by atoms with E-state index in [4.69, 9.17) is 5.11 Å². The molecule has 15 heavy (non-hydrogen) atoms. The molecular weight excluding hydrogens is 188 g/mol. The van der Waals surface area contributed by atoms with Crippen molar-refractivity contribution in [2.45, 2.75) is 51.9 Å². The number of carboxylic acid groups (broad SMARTS) is 1. The predicted octanol–water partition coefficient (Wildman–Crippen LogP) is 3.62. The molecule has 1 saturated carbocycles. The molecule has 0 aromatic rings. The highest BCUT2D eigenvalue weighted by molar-refractivity contribution is 5.74. The van der Waals surface area contributed by atoms with Crippen LogP contribution in [0.4, 0.5) is 0 Å². The molecule has 0 aromatic heterocycles. The van der Waals surface area contributed by atoms with Crippen molar-refractivity contribution >= 4 is 5.97 Å². The Morgan fingerprint density at radius 3 is 2.73 bits per heavy atom. The monoisotopic (exact) mass is 210 g/mol. The second-order valence-corrected chi connectivity index (χ2v) is 4.76. The highest BCUT2D eigenvalue weighted by atomic mass is 16.4. The molecular formula is C13H22O2. The summed E-state index contributed by atoms with van der Waals surface area (Å²) in [6, 6.07) is 0. The van der Waals surface area contributed by atoms with E-state index in [1.807, 2.05) is 6.08 Å². The maximum absolute atomic E-state index is 10.9. The van der Waals surface area contributed by atoms with E-state index < -0.39 is 5.97 Å². The highest BCUT2D eigenvalue weighted by Gasteiger charge is 2.56. The molecule has 1 fully saturated rings. The van der Waals surface area contributed by atoms with Crippen LogP contribution in [-0.4, -0.2) is 11.1 Å². The van der Waals surface area contributed by atoms with Crippen LogP contribution < -0.4 is 0 Å². The Kier molecular flexibility index (Phi) is 4.37. The average Bonchev–Trinajstić information content (AvgIpc) is 2.89. The number of hydrogen-bond acceptors (Lipinski definition) is 1. The first kappa shape index (κ1) is 12.3. The van der Waals surface area contributed by atoms with Crippen LogP contribution in [0.25, 0.3) is 0 Å². The number of carboxylic acids is 1. The zero-order valence-electron chi connectivity index (χ0n) is 9.67. The maximum atomic E-state index is 10.9. The van der Waals surface area contributed by atoms with Crippen LogP contribution in [0.3, 0.4) is 0 Å². The third-order valence-electron chi connectivity index (χ3n) is 3.57. The van der Waals surface area contributed by atoms with Gasteiger partial charge < -0.3 is 5.11 Å². The normalized spacial score (nSPS) is 28.7. The lowest BCUT2D eigenvalue weighted by atomic mass is 9.92. The SMILES string of the molecule is C=CC[C@@]1(CCCCCC)C[C@H]1C(=O)O. The molecule has 1 aliphatic rings. The Morgan fingerprint density at radius 1 is 1.53 bits per heavy atom. The van der Waals surface area contributed by atoms with Crippen LogP contribution in [0.5, 0.6) is 0 Å². The largest absolute Gasteiger partial charge is 0.481 e. The van der Waals surface area contributed by atoms with Crippen molar-refractivity contribution in [3.63, 3.8) is 0 Å². The fourth-order valence-corrected chi connectivity index (χ4v) is 2.49. The third kappa shape index (κ3) is 3.08. The first-order valence-corrected chi connectivity index (χ1v) is 6.00. The average molecular weight is 210 g/mol. The summed E-state index contributed by atoms with van der Waals surface area (Å²) >= 11 is 0. The van der Waals surface area contributed by atoms with Gasteiger partial charge in [0.15, 0.2) is 0 Å². The first-order chi connectivity index (χ1) is 7.16. The molecule has 0 radical (unpaired) electrons. The lowest BCUT2D eigenvalue weighted by Crippen LogP contribution is -2.10. The minimum absolute atomic E-state index is 0.0708. The standard InChI is InChI=1S/C13H22O2/c1-3-5-6-7-9-13(8-4-2)10-11(13)12(14)15/h4,11H,2-3,5-10H2,1H3,(H,14,15)/t11-,13+/m0/s1. The second-order valence-electron chi connectivity index (χ2n) is 4.76. The minimum Gasteiger partial charge on any atom is -0.481 e. The van der Waals surface area contributed by atoms with E-state index in [2.05, 4.69) is 13.5 Å². The smallest absolute Gasteiger partial charge is 0.307 e. The number of carbonyl (C=O) groups is 1. The molecule has 0 bridgehead atoms. The van der Waals surface area contributed by atoms with Crippen molar-refractivity contribution in [2.75, 3.05) is 0 Å². The quantitative estimate of drug-likeness (QED) is 0.490. The van der Waals surface area contributed by atoms with Gasteiger partial charge in [0.25, 0.3) is 0 Å². The summed E-state index contributed by atoms with van der Waals surface area (Å²) in [5.74, 6) is -0.718. The van der Waals surface area contributed by atoms with Crippen LogP contribution in [0.15, 0.2) is 12.7 Å². The van der Waals surface area contributed by atoms with Gasteiger partial charge >= 0.3 is 5.97 Å². The Labute approximate surface area is 92.4 Å². The summed E-state index contributed by atoms with van der Waals surface area (Å²) in [6.45, 7) is 5.92. The van der Waals surface area contributed by atoms with Gasteiger partial charge in [-0.05, 0) is 24.7 Å². The van der Waals surface area contributed by atoms with Crippen LogP contribution in [0.1, 0.15) is 51.9 Å². The van der Waals surface area contributed by atoms with E-state index >= 15 is 0 Å². The van der Waals surface area contributed by atoms with Gasteiger partial charge in [0, 0.05) is 0 Å². The van der Waals surface area contributed by atoms with Crippen molar-refractivity contribution in [2.24, 2.45) is 11.3 Å². The van der Waals surface area contributed by atoms with E-state index in [0.717, 1.165) is 19.3 Å². The summed E-state index contributed by atoms with van der Waals surface area (Å²) in [7, 11) is 0. The molecule has 0 saturated heterocycles. The van der Waals surface area contributed by atoms with Gasteiger partial charge in [-0.15, -0.1) is 6.58 Å². The molecule has 0 unspecified atom stereocenters. The van der Waals surface area contributed by atoms with Gasteiger partial charge in [0.1, 0.15) is 0 Å². The van der Waals surface area contributed by atoms with Crippen LogP contribution in [0, 0.1) is 11.3 Å². The van der Waals surface area contributed by atoms with Gasteiger partial charge in [-0.2, -0.15) is 0 Å². The van der Waals surface area contributed by atoms with Crippen molar-refractivity contribution < 1.29 is 9.90 Å². The van der Waals surface area contributed by atoms with Gasteiger partial charge in [0.05, 0.1) is 5.92 Å². The lowest BCUT2D eigenvalue weighted by molar-refractivity contribution is -0.139. The second kappa shape index (κ2) is 5.34. The first-order valence-electron chi connectivity index (χ1n) is 6.00. The Morgan fingerprint density at radius 2 is 2.27 bits per heavy atom. The topological polar surface area (TPSA) is 37.3 Å². The highest BCUT2D eigenvalue weighted by Crippen LogP contribution is 2.58. The molecule has 2 atom stereocenters. The van der Waals surface area contributed by atoms with E-state index in [0.29, 0.717) is 0 Å². The molecule has 2 heteroatoms. The summed E-state index contributed by atoms with van der Waals surface area (Å²) in [4.78, 5) is 10.9. The molecule has 0 amide bonds. The van der Waals surface area contributed by atoms with Crippen LogP contribution in [0.2, 0.25) is 0 Å². The van der Waals surface area contributed by atoms with E-state index in [1.54, 1.807) is 0 Å². The number of allylic oxidation sites excluding steroid dienone is 1. The lowest BCUT2D eigenvalue weighted by Gasteiger charge is -2.13. The van der Waals surface area contributed by atoms with E-state index in [1.165, 1.54) is 25.7 Å². The van der Waals surface area contributed by atoms with Crippen molar-refractivity contribution in [1.82, 2.24) is 0 Å². The molecule has 1 N–H and O–H groups in total. The number of unbranched alkanes of at least 4 members (excludes halogenated alkanes) is 3. The predicted molar refractivity (Wildman–Crippen MR) is 61.7 cm³/mol. The molecule has 0 aromatic carbocycles. The maximum Gasteiger partial charge on any atom is 0.307 e. The van der Waals surface area contributed by atoms with Gasteiger partial charge in [-0.25, -0.2) is 0 Å². The van der Waals surface area contributed by atoms with Crippen molar-refractivity contribution in [3.05, 3.63) is 12.7 Å². The zero-order chi connectivity index (χ0) is 11.3.